The lowest BCUT2D eigenvalue weighted by molar-refractivity contribution is 0.0637. The molecule has 0 aliphatic heterocycles. The topological polar surface area (TPSA) is 38.5 Å². The van der Waals surface area contributed by atoms with Gasteiger partial charge in [-0.2, -0.15) is 0 Å². The van der Waals surface area contributed by atoms with Crippen LogP contribution < -0.4 is 10.6 Å². The average molecular weight is 278 g/mol. The molecule has 104 valence electrons. The number of hydrogen-bond acceptors (Lipinski definition) is 3. The van der Waals surface area contributed by atoms with Crippen molar-refractivity contribution >= 4 is 22.9 Å². The second kappa shape index (κ2) is 6.35. The van der Waals surface area contributed by atoms with Gasteiger partial charge in [0.2, 0.25) is 0 Å². The van der Waals surface area contributed by atoms with Gasteiger partial charge in [0.15, 0.2) is 0 Å². The second-order valence-electron chi connectivity index (χ2n) is 5.20. The van der Waals surface area contributed by atoms with Crippen LogP contribution in [0.3, 0.4) is 0 Å². The summed E-state index contributed by atoms with van der Waals surface area (Å²) in [6.07, 6.45) is 5.15. The molecule has 0 aromatic heterocycles. The first-order valence-corrected chi connectivity index (χ1v) is 7.18. The zero-order chi connectivity index (χ0) is 13.8. The largest absolute Gasteiger partial charge is 0.389 e. The molecule has 1 aromatic rings. The van der Waals surface area contributed by atoms with E-state index >= 15 is 0 Å². The number of anilines is 1. The van der Waals surface area contributed by atoms with Crippen molar-refractivity contribution in [1.29, 1.82) is 0 Å². The molecule has 0 saturated heterocycles. The third-order valence-corrected chi connectivity index (χ3v) is 4.27. The minimum absolute atomic E-state index is 0.400. The van der Waals surface area contributed by atoms with Crippen LogP contribution in [0.15, 0.2) is 24.3 Å². The highest BCUT2D eigenvalue weighted by Gasteiger charge is 2.24. The van der Waals surface area contributed by atoms with E-state index in [0.29, 0.717) is 17.1 Å². The van der Waals surface area contributed by atoms with E-state index in [2.05, 4.69) is 24.1 Å². The SMILES string of the molecule is COC1CCCC(N(C)c2ccc(C(N)=S)cc2)C1. The van der Waals surface area contributed by atoms with E-state index in [0.717, 1.165) is 12.0 Å². The van der Waals surface area contributed by atoms with Crippen molar-refractivity contribution in [3.63, 3.8) is 0 Å². The minimum Gasteiger partial charge on any atom is -0.389 e. The molecule has 2 rings (SSSR count). The highest BCUT2D eigenvalue weighted by molar-refractivity contribution is 7.80. The summed E-state index contributed by atoms with van der Waals surface area (Å²) in [5, 5.41) is 0. The first kappa shape index (κ1) is 14.3. The Balaban J connectivity index is 2.06. The number of thiocarbonyl (C=S) groups is 1. The molecule has 2 unspecified atom stereocenters. The Kier molecular flexibility index (Phi) is 4.77. The predicted molar refractivity (Wildman–Crippen MR) is 83.8 cm³/mol. The second-order valence-corrected chi connectivity index (χ2v) is 5.64. The molecule has 0 radical (unpaired) electrons. The summed E-state index contributed by atoms with van der Waals surface area (Å²) in [5.41, 5.74) is 7.75. The van der Waals surface area contributed by atoms with Crippen molar-refractivity contribution < 1.29 is 4.74 Å². The molecular formula is C15H22N2OS. The number of nitrogens with two attached hydrogens (primary N) is 1. The maximum atomic E-state index is 5.62. The number of hydrogen-bond donors (Lipinski definition) is 1. The number of ether oxygens (including phenoxy) is 1. The number of rotatable bonds is 4. The first-order chi connectivity index (χ1) is 9.11. The Bertz CT molecular complexity index is 432. The number of benzene rings is 1. The van der Waals surface area contributed by atoms with Gasteiger partial charge in [0, 0.05) is 31.5 Å². The maximum Gasteiger partial charge on any atom is 0.103 e. The molecular weight excluding hydrogens is 256 g/mol. The van der Waals surface area contributed by atoms with E-state index in [1.165, 1.54) is 24.9 Å². The van der Waals surface area contributed by atoms with Crippen molar-refractivity contribution in [1.82, 2.24) is 0 Å². The van der Waals surface area contributed by atoms with Gasteiger partial charge in [-0.1, -0.05) is 12.2 Å². The molecule has 0 bridgehead atoms. The molecule has 19 heavy (non-hydrogen) atoms. The van der Waals surface area contributed by atoms with Crippen LogP contribution in [-0.2, 0) is 4.74 Å². The van der Waals surface area contributed by atoms with Gasteiger partial charge in [0.25, 0.3) is 0 Å². The van der Waals surface area contributed by atoms with E-state index in [1.807, 2.05) is 19.2 Å². The van der Waals surface area contributed by atoms with Crippen LogP contribution in [0.1, 0.15) is 31.2 Å². The summed E-state index contributed by atoms with van der Waals surface area (Å²) in [4.78, 5) is 2.79. The monoisotopic (exact) mass is 278 g/mol. The van der Waals surface area contributed by atoms with Crippen LogP contribution in [0.2, 0.25) is 0 Å². The van der Waals surface area contributed by atoms with E-state index in [-0.39, 0.29) is 0 Å². The normalized spacial score (nSPS) is 23.1. The molecule has 3 nitrogen and oxygen atoms in total. The molecule has 1 aliphatic rings. The summed E-state index contributed by atoms with van der Waals surface area (Å²) in [7, 11) is 3.96. The molecule has 0 amide bonds. The molecule has 2 N–H and O–H groups in total. The van der Waals surface area contributed by atoms with E-state index in [9.17, 15) is 0 Å². The van der Waals surface area contributed by atoms with E-state index in [1.54, 1.807) is 0 Å². The molecule has 0 heterocycles. The first-order valence-electron chi connectivity index (χ1n) is 6.77. The van der Waals surface area contributed by atoms with Crippen LogP contribution >= 0.6 is 12.2 Å². The summed E-state index contributed by atoms with van der Waals surface area (Å²) in [5.74, 6) is 0. The summed E-state index contributed by atoms with van der Waals surface area (Å²) >= 11 is 4.97. The van der Waals surface area contributed by atoms with Crippen molar-refractivity contribution in [2.75, 3.05) is 19.1 Å². The smallest absolute Gasteiger partial charge is 0.103 e. The highest BCUT2D eigenvalue weighted by atomic mass is 32.1. The Morgan fingerprint density at radius 2 is 2.00 bits per heavy atom. The van der Waals surface area contributed by atoms with Crippen molar-refractivity contribution in [3.05, 3.63) is 29.8 Å². The van der Waals surface area contributed by atoms with E-state index < -0.39 is 0 Å². The molecule has 1 fully saturated rings. The molecule has 1 saturated carbocycles. The standard InChI is InChI=1S/C15H22N2OS/c1-17(13-4-3-5-14(10-13)18-2)12-8-6-11(7-9-12)15(16)19/h6-9,13-14H,3-5,10H2,1-2H3,(H2,16,19). The van der Waals surface area contributed by atoms with Crippen LogP contribution in [0, 0.1) is 0 Å². The predicted octanol–water partition coefficient (Wildman–Crippen LogP) is 2.71. The van der Waals surface area contributed by atoms with Gasteiger partial charge in [-0.05, 0) is 49.9 Å². The number of nitrogens with zero attached hydrogens (tertiary/aromatic N) is 1. The fourth-order valence-electron chi connectivity index (χ4n) is 2.76. The van der Waals surface area contributed by atoms with Gasteiger partial charge in [0.05, 0.1) is 6.10 Å². The molecule has 1 aliphatic carbocycles. The third-order valence-electron chi connectivity index (χ3n) is 4.04. The minimum atomic E-state index is 0.400. The summed E-state index contributed by atoms with van der Waals surface area (Å²) in [6.45, 7) is 0. The lowest BCUT2D eigenvalue weighted by Crippen LogP contribution is -2.38. The summed E-state index contributed by atoms with van der Waals surface area (Å²) < 4.78 is 5.50. The molecule has 0 spiro atoms. The van der Waals surface area contributed by atoms with Crippen LogP contribution in [0.4, 0.5) is 5.69 Å². The lowest BCUT2D eigenvalue weighted by atomic mass is 9.91. The fourth-order valence-corrected chi connectivity index (χ4v) is 2.89. The van der Waals surface area contributed by atoms with Gasteiger partial charge in [-0.15, -0.1) is 0 Å². The third kappa shape index (κ3) is 3.45. The Hall–Kier alpha value is -1.13. The number of methoxy groups -OCH3 is 1. The quantitative estimate of drug-likeness (QED) is 0.860. The van der Waals surface area contributed by atoms with Gasteiger partial charge < -0.3 is 15.4 Å². The Morgan fingerprint density at radius 1 is 1.32 bits per heavy atom. The Labute approximate surface area is 120 Å². The van der Waals surface area contributed by atoms with Crippen molar-refractivity contribution in [2.24, 2.45) is 5.73 Å². The molecule has 4 heteroatoms. The lowest BCUT2D eigenvalue weighted by Gasteiger charge is -2.36. The van der Waals surface area contributed by atoms with Gasteiger partial charge in [0.1, 0.15) is 4.99 Å². The Morgan fingerprint density at radius 3 is 2.58 bits per heavy atom. The molecule has 1 aromatic carbocycles. The maximum absolute atomic E-state index is 5.62. The van der Waals surface area contributed by atoms with E-state index in [4.69, 9.17) is 22.7 Å². The van der Waals surface area contributed by atoms with Crippen LogP contribution in [0.25, 0.3) is 0 Å². The molecule has 2 atom stereocenters. The van der Waals surface area contributed by atoms with Gasteiger partial charge in [-0.3, -0.25) is 0 Å². The van der Waals surface area contributed by atoms with Crippen LogP contribution in [0.5, 0.6) is 0 Å². The summed E-state index contributed by atoms with van der Waals surface area (Å²) in [6, 6.07) is 8.71. The van der Waals surface area contributed by atoms with Crippen molar-refractivity contribution in [3.8, 4) is 0 Å². The zero-order valence-corrected chi connectivity index (χ0v) is 12.5. The van der Waals surface area contributed by atoms with Crippen LogP contribution in [-0.4, -0.2) is 31.3 Å². The highest BCUT2D eigenvalue weighted by Crippen LogP contribution is 2.27. The van der Waals surface area contributed by atoms with Crippen molar-refractivity contribution in [2.45, 2.75) is 37.8 Å². The van der Waals surface area contributed by atoms with Gasteiger partial charge in [-0.25, -0.2) is 0 Å². The van der Waals surface area contributed by atoms with Gasteiger partial charge >= 0.3 is 0 Å². The fraction of sp³-hybridized carbons (Fsp3) is 0.533. The average Bonchev–Trinajstić information content (AvgIpc) is 2.46. The zero-order valence-electron chi connectivity index (χ0n) is 11.6.